The van der Waals surface area contributed by atoms with Crippen LogP contribution in [0.5, 0.6) is 5.88 Å². The average molecular weight is 478 g/mol. The van der Waals surface area contributed by atoms with Crippen molar-refractivity contribution in [1.29, 1.82) is 0 Å². The fraction of sp³-hybridized carbons (Fsp3) is 0.0400. The minimum Gasteiger partial charge on any atom is -0.480 e. The van der Waals surface area contributed by atoms with Gasteiger partial charge in [0.2, 0.25) is 5.88 Å². The topological polar surface area (TPSA) is 99.1 Å². The summed E-state index contributed by atoms with van der Waals surface area (Å²) in [7, 11) is 1.50. The SMILES string of the molecule is COc1ncc(-c2ccc3c(C(/C=C\N)=C/N)ccnc3c2)cc1NSc1ccc(F)cc1F. The summed E-state index contributed by atoms with van der Waals surface area (Å²) in [5, 5.41) is 0.920. The Labute approximate surface area is 199 Å². The smallest absolute Gasteiger partial charge is 0.237 e. The molecule has 0 spiro atoms. The third-order valence-electron chi connectivity index (χ3n) is 5.05. The Balaban J connectivity index is 1.68. The van der Waals surface area contributed by atoms with Gasteiger partial charge in [-0.15, -0.1) is 0 Å². The zero-order valence-corrected chi connectivity index (χ0v) is 18.9. The largest absolute Gasteiger partial charge is 0.480 e. The van der Waals surface area contributed by atoms with Crippen LogP contribution in [0.1, 0.15) is 5.56 Å². The molecule has 9 heteroatoms. The van der Waals surface area contributed by atoms with E-state index in [0.717, 1.165) is 51.2 Å². The van der Waals surface area contributed by atoms with Crippen LogP contribution >= 0.6 is 11.9 Å². The van der Waals surface area contributed by atoms with E-state index >= 15 is 0 Å². The van der Waals surface area contributed by atoms with E-state index in [-0.39, 0.29) is 4.90 Å². The lowest BCUT2D eigenvalue weighted by Crippen LogP contribution is -1.97. The first kappa shape index (κ1) is 23.1. The van der Waals surface area contributed by atoms with Gasteiger partial charge in [-0.1, -0.05) is 12.1 Å². The fourth-order valence-electron chi connectivity index (χ4n) is 3.43. The second-order valence-electron chi connectivity index (χ2n) is 7.13. The van der Waals surface area contributed by atoms with Crippen molar-refractivity contribution in [3.8, 4) is 17.0 Å². The first-order valence-electron chi connectivity index (χ1n) is 10.2. The predicted molar refractivity (Wildman–Crippen MR) is 133 cm³/mol. The Hall–Kier alpha value is -4.11. The third kappa shape index (κ3) is 4.79. The number of methoxy groups -OCH3 is 1. The van der Waals surface area contributed by atoms with Gasteiger partial charge in [-0.05, 0) is 71.3 Å². The number of halogens is 2. The molecule has 0 radical (unpaired) electrons. The van der Waals surface area contributed by atoms with Crippen LogP contribution in [0.2, 0.25) is 0 Å². The second-order valence-corrected chi connectivity index (χ2v) is 7.98. The van der Waals surface area contributed by atoms with E-state index in [0.29, 0.717) is 11.6 Å². The predicted octanol–water partition coefficient (Wildman–Crippen LogP) is 5.47. The molecule has 5 N–H and O–H groups in total. The van der Waals surface area contributed by atoms with Crippen molar-refractivity contribution in [3.05, 3.63) is 96.6 Å². The molecular weight excluding hydrogens is 456 g/mol. The molecule has 4 rings (SSSR count). The summed E-state index contributed by atoms with van der Waals surface area (Å²) in [5.74, 6) is -0.956. The van der Waals surface area contributed by atoms with E-state index in [2.05, 4.69) is 14.7 Å². The van der Waals surface area contributed by atoms with E-state index in [9.17, 15) is 8.78 Å². The van der Waals surface area contributed by atoms with Crippen LogP contribution in [0, 0.1) is 11.6 Å². The summed E-state index contributed by atoms with van der Waals surface area (Å²) < 4.78 is 35.6. The lowest BCUT2D eigenvalue weighted by molar-refractivity contribution is 0.400. The van der Waals surface area contributed by atoms with Gasteiger partial charge in [-0.3, -0.25) is 4.98 Å². The minimum absolute atomic E-state index is 0.242. The molecule has 172 valence electrons. The van der Waals surface area contributed by atoms with Crippen LogP contribution < -0.4 is 20.9 Å². The molecule has 2 heterocycles. The van der Waals surface area contributed by atoms with Crippen LogP contribution in [0.4, 0.5) is 14.5 Å². The molecule has 0 fully saturated rings. The van der Waals surface area contributed by atoms with Gasteiger partial charge >= 0.3 is 0 Å². The van der Waals surface area contributed by atoms with E-state index in [1.807, 2.05) is 30.3 Å². The molecule has 0 bridgehead atoms. The minimum atomic E-state index is -0.660. The molecule has 0 aliphatic heterocycles. The summed E-state index contributed by atoms with van der Waals surface area (Å²) in [4.78, 5) is 9.10. The molecule has 34 heavy (non-hydrogen) atoms. The van der Waals surface area contributed by atoms with Crippen molar-refractivity contribution in [2.24, 2.45) is 11.5 Å². The Morgan fingerprint density at radius 3 is 2.62 bits per heavy atom. The molecule has 0 amide bonds. The molecule has 2 aromatic heterocycles. The van der Waals surface area contributed by atoms with Gasteiger partial charge in [0.25, 0.3) is 0 Å². The van der Waals surface area contributed by atoms with Crippen molar-refractivity contribution >= 4 is 34.1 Å². The molecule has 0 saturated carbocycles. The standard InChI is InChI=1S/C25H21F2N5OS/c1-33-25-23(32-34-24-5-3-18(26)12-21(24)27)11-17(14-31-25)15-2-4-20-19(16(13-29)6-8-28)7-9-30-22(20)10-15/h2-14,32H,28-29H2,1H3/b8-6-,16-13+. The normalized spacial score (nSPS) is 11.8. The maximum atomic E-state index is 14.0. The quantitative estimate of drug-likeness (QED) is 0.240. The number of aromatic nitrogens is 2. The van der Waals surface area contributed by atoms with Crippen molar-refractivity contribution in [3.63, 3.8) is 0 Å². The third-order valence-corrected chi connectivity index (χ3v) is 5.92. The molecule has 0 saturated heterocycles. The number of hydrogen-bond donors (Lipinski definition) is 3. The molecular formula is C25H21F2N5OS. The number of ether oxygens (including phenoxy) is 1. The molecule has 0 unspecified atom stereocenters. The highest BCUT2D eigenvalue weighted by molar-refractivity contribution is 8.00. The highest BCUT2D eigenvalue weighted by Crippen LogP contribution is 2.34. The van der Waals surface area contributed by atoms with Gasteiger partial charge in [-0.2, -0.15) is 0 Å². The van der Waals surface area contributed by atoms with Crippen LogP contribution in [-0.4, -0.2) is 17.1 Å². The summed E-state index contributed by atoms with van der Waals surface area (Å²) in [5.41, 5.74) is 16.0. The monoisotopic (exact) mass is 477 g/mol. The van der Waals surface area contributed by atoms with Gasteiger partial charge in [-0.25, -0.2) is 13.8 Å². The Bertz CT molecular complexity index is 1410. The number of benzene rings is 2. The highest BCUT2D eigenvalue weighted by atomic mass is 32.2. The van der Waals surface area contributed by atoms with E-state index < -0.39 is 11.6 Å². The number of nitrogens with zero attached hydrogens (tertiary/aromatic N) is 2. The lowest BCUT2D eigenvalue weighted by Gasteiger charge is -2.13. The summed E-state index contributed by atoms with van der Waals surface area (Å²) in [6.45, 7) is 0. The first-order chi connectivity index (χ1) is 16.5. The summed E-state index contributed by atoms with van der Waals surface area (Å²) >= 11 is 0.998. The lowest BCUT2D eigenvalue weighted by atomic mass is 9.99. The number of nitrogens with two attached hydrogens (primary N) is 2. The molecule has 4 aromatic rings. The highest BCUT2D eigenvalue weighted by Gasteiger charge is 2.12. The second kappa shape index (κ2) is 10.2. The van der Waals surface area contributed by atoms with Gasteiger partial charge in [0.05, 0.1) is 17.5 Å². The maximum Gasteiger partial charge on any atom is 0.237 e. The number of fused-ring (bicyclic) bond motifs is 1. The zero-order chi connectivity index (χ0) is 24.1. The van der Waals surface area contributed by atoms with Crippen molar-refractivity contribution < 1.29 is 13.5 Å². The number of rotatable bonds is 7. The Kier molecular flexibility index (Phi) is 6.93. The van der Waals surface area contributed by atoms with Crippen LogP contribution in [0.15, 0.2) is 84.3 Å². The Morgan fingerprint density at radius 2 is 1.88 bits per heavy atom. The molecule has 2 aromatic carbocycles. The van der Waals surface area contributed by atoms with E-state index in [1.54, 1.807) is 18.5 Å². The van der Waals surface area contributed by atoms with Gasteiger partial charge in [0.15, 0.2) is 0 Å². The molecule has 0 aliphatic carbocycles. The van der Waals surface area contributed by atoms with Crippen molar-refractivity contribution in [2.75, 3.05) is 11.8 Å². The van der Waals surface area contributed by atoms with Gasteiger partial charge in [0, 0.05) is 35.6 Å². The van der Waals surface area contributed by atoms with Crippen LogP contribution in [-0.2, 0) is 0 Å². The van der Waals surface area contributed by atoms with E-state index in [4.69, 9.17) is 16.2 Å². The first-order valence-corrected chi connectivity index (χ1v) is 11.0. The number of pyridine rings is 2. The van der Waals surface area contributed by atoms with Gasteiger partial charge < -0.3 is 20.9 Å². The maximum absolute atomic E-state index is 14.0. The van der Waals surface area contributed by atoms with Crippen molar-refractivity contribution in [1.82, 2.24) is 9.97 Å². The molecule has 0 aliphatic rings. The number of hydrogen-bond acceptors (Lipinski definition) is 7. The van der Waals surface area contributed by atoms with Gasteiger partial charge in [0.1, 0.15) is 17.3 Å². The fourth-order valence-corrected chi connectivity index (χ4v) is 4.09. The summed E-state index contributed by atoms with van der Waals surface area (Å²) in [6, 6.07) is 13.0. The average Bonchev–Trinajstić information content (AvgIpc) is 2.86. The zero-order valence-electron chi connectivity index (χ0n) is 18.1. The summed E-state index contributed by atoms with van der Waals surface area (Å²) in [6.07, 6.45) is 8.06. The van der Waals surface area contributed by atoms with Crippen LogP contribution in [0.25, 0.3) is 27.6 Å². The van der Waals surface area contributed by atoms with Crippen LogP contribution in [0.3, 0.4) is 0 Å². The molecule has 6 nitrogen and oxygen atoms in total. The number of nitrogens with one attached hydrogen (secondary N) is 1. The van der Waals surface area contributed by atoms with E-state index in [1.165, 1.54) is 31.6 Å². The Morgan fingerprint density at radius 1 is 1.03 bits per heavy atom. The molecule has 0 atom stereocenters. The number of allylic oxidation sites excluding steroid dienone is 2. The van der Waals surface area contributed by atoms with Crippen molar-refractivity contribution in [2.45, 2.75) is 4.90 Å². The number of anilines is 1.